The normalized spacial score (nSPS) is 10.6. The van der Waals surface area contributed by atoms with Crippen molar-refractivity contribution in [1.82, 2.24) is 14.5 Å². The van der Waals surface area contributed by atoms with Crippen LogP contribution < -0.4 is 10.6 Å². The van der Waals surface area contributed by atoms with E-state index in [1.54, 1.807) is 12.4 Å². The van der Waals surface area contributed by atoms with Gasteiger partial charge in [0, 0.05) is 6.20 Å². The Kier molecular flexibility index (Phi) is 4.57. The van der Waals surface area contributed by atoms with Crippen molar-refractivity contribution in [2.24, 2.45) is 0 Å². The third kappa shape index (κ3) is 3.55. The number of thiocarbonyl (C=S) groups is 1. The average Bonchev–Trinajstić information content (AvgIpc) is 3.00. The molecule has 0 saturated heterocycles. The van der Waals surface area contributed by atoms with Crippen molar-refractivity contribution in [3.05, 3.63) is 84.7 Å². The van der Waals surface area contributed by atoms with Crippen LogP contribution in [0.5, 0.6) is 0 Å². The maximum Gasteiger partial charge on any atom is 0.210 e. The third-order valence-corrected chi connectivity index (χ3v) is 4.19. The number of imidazole rings is 1. The summed E-state index contributed by atoms with van der Waals surface area (Å²) in [5.41, 5.74) is 4.01. The molecule has 0 atom stereocenters. The number of pyridine rings is 1. The summed E-state index contributed by atoms with van der Waals surface area (Å²) < 4.78 is 2.13. The van der Waals surface area contributed by atoms with Crippen LogP contribution in [0.3, 0.4) is 0 Å². The summed E-state index contributed by atoms with van der Waals surface area (Å²) in [6.45, 7) is 0.708. The lowest BCUT2D eigenvalue weighted by atomic mass is 10.2. The Balaban J connectivity index is 1.63. The van der Waals surface area contributed by atoms with Crippen LogP contribution in [0.15, 0.2) is 79.1 Å². The second-order valence-electron chi connectivity index (χ2n) is 5.82. The van der Waals surface area contributed by atoms with Crippen molar-refractivity contribution >= 4 is 40.0 Å². The first-order valence-corrected chi connectivity index (χ1v) is 8.68. The van der Waals surface area contributed by atoms with E-state index >= 15 is 0 Å². The number of fused-ring (bicyclic) bond motifs is 1. The lowest BCUT2D eigenvalue weighted by Gasteiger charge is -2.13. The van der Waals surface area contributed by atoms with Crippen LogP contribution in [0, 0.1) is 0 Å². The molecule has 4 rings (SSSR count). The summed E-state index contributed by atoms with van der Waals surface area (Å²) in [4.78, 5) is 8.78. The molecule has 0 spiro atoms. The first-order chi connectivity index (χ1) is 12.8. The SMILES string of the molecule is S=C(Nc1cccnc1)Nc1nc2ccccc2n1Cc1ccccc1. The number of aromatic nitrogens is 3. The highest BCUT2D eigenvalue weighted by Crippen LogP contribution is 2.21. The fraction of sp³-hybridized carbons (Fsp3) is 0.0500. The molecule has 0 bridgehead atoms. The van der Waals surface area contributed by atoms with E-state index in [2.05, 4.69) is 38.4 Å². The van der Waals surface area contributed by atoms with Crippen LogP contribution in [0.4, 0.5) is 11.6 Å². The Morgan fingerprint density at radius 3 is 2.54 bits per heavy atom. The van der Waals surface area contributed by atoms with Gasteiger partial charge in [-0.2, -0.15) is 0 Å². The van der Waals surface area contributed by atoms with Crippen molar-refractivity contribution in [3.63, 3.8) is 0 Å². The molecule has 0 radical (unpaired) electrons. The number of benzene rings is 2. The van der Waals surface area contributed by atoms with E-state index in [0.29, 0.717) is 17.6 Å². The van der Waals surface area contributed by atoms with Crippen molar-refractivity contribution in [3.8, 4) is 0 Å². The molecule has 0 amide bonds. The van der Waals surface area contributed by atoms with E-state index < -0.39 is 0 Å². The Hall–Kier alpha value is -3.25. The number of anilines is 2. The molecule has 2 aromatic heterocycles. The van der Waals surface area contributed by atoms with Gasteiger partial charge in [0.05, 0.1) is 29.5 Å². The van der Waals surface area contributed by atoms with Crippen LogP contribution in [0.2, 0.25) is 0 Å². The molecule has 128 valence electrons. The average molecular weight is 359 g/mol. The fourth-order valence-corrected chi connectivity index (χ4v) is 3.01. The number of nitrogens with zero attached hydrogens (tertiary/aromatic N) is 3. The first-order valence-electron chi connectivity index (χ1n) is 8.27. The minimum Gasteiger partial charge on any atom is -0.331 e. The summed E-state index contributed by atoms with van der Waals surface area (Å²) in [6.07, 6.45) is 3.45. The monoisotopic (exact) mass is 359 g/mol. The van der Waals surface area contributed by atoms with Gasteiger partial charge in [0.15, 0.2) is 5.11 Å². The van der Waals surface area contributed by atoms with Gasteiger partial charge in [0.2, 0.25) is 5.95 Å². The van der Waals surface area contributed by atoms with E-state index in [1.165, 1.54) is 5.56 Å². The zero-order valence-corrected chi connectivity index (χ0v) is 14.8. The lowest BCUT2D eigenvalue weighted by molar-refractivity contribution is 0.837. The maximum absolute atomic E-state index is 5.44. The number of rotatable bonds is 4. The smallest absolute Gasteiger partial charge is 0.210 e. The molecule has 5 nitrogen and oxygen atoms in total. The van der Waals surface area contributed by atoms with E-state index in [4.69, 9.17) is 17.2 Å². The molecule has 26 heavy (non-hydrogen) atoms. The number of hydrogen-bond donors (Lipinski definition) is 2. The van der Waals surface area contributed by atoms with Crippen LogP contribution in [-0.2, 0) is 6.54 Å². The molecule has 0 aliphatic carbocycles. The van der Waals surface area contributed by atoms with E-state index in [-0.39, 0.29) is 0 Å². The zero-order chi connectivity index (χ0) is 17.8. The minimum atomic E-state index is 0.475. The summed E-state index contributed by atoms with van der Waals surface area (Å²) in [5.74, 6) is 0.705. The summed E-state index contributed by atoms with van der Waals surface area (Å²) >= 11 is 5.44. The molecule has 2 aromatic carbocycles. The Morgan fingerprint density at radius 2 is 1.73 bits per heavy atom. The highest BCUT2D eigenvalue weighted by Gasteiger charge is 2.12. The molecule has 2 N–H and O–H groups in total. The standard InChI is InChI=1S/C20H17N5S/c26-20(22-16-9-6-12-21-13-16)24-19-23-17-10-4-5-11-18(17)25(19)14-15-7-2-1-3-8-15/h1-13H,14H2,(H2,22,23,24,26). The van der Waals surface area contributed by atoms with E-state index in [0.717, 1.165) is 16.7 Å². The molecular formula is C20H17N5S. The van der Waals surface area contributed by atoms with Gasteiger partial charge >= 0.3 is 0 Å². The highest BCUT2D eigenvalue weighted by molar-refractivity contribution is 7.80. The summed E-state index contributed by atoms with van der Waals surface area (Å²) in [6, 6.07) is 22.1. The van der Waals surface area contributed by atoms with Gasteiger partial charge in [0.25, 0.3) is 0 Å². The van der Waals surface area contributed by atoms with Gasteiger partial charge in [-0.15, -0.1) is 0 Å². The fourth-order valence-electron chi connectivity index (χ4n) is 2.80. The summed E-state index contributed by atoms with van der Waals surface area (Å²) in [7, 11) is 0. The predicted octanol–water partition coefficient (Wildman–Crippen LogP) is 4.29. The van der Waals surface area contributed by atoms with Crippen molar-refractivity contribution in [2.75, 3.05) is 10.6 Å². The quantitative estimate of drug-likeness (QED) is 0.533. The third-order valence-electron chi connectivity index (χ3n) is 3.98. The van der Waals surface area contributed by atoms with Crippen molar-refractivity contribution in [2.45, 2.75) is 6.54 Å². The van der Waals surface area contributed by atoms with Crippen LogP contribution in [0.25, 0.3) is 11.0 Å². The molecule has 0 saturated carbocycles. The topological polar surface area (TPSA) is 54.8 Å². The molecule has 6 heteroatoms. The van der Waals surface area contributed by atoms with Gasteiger partial charge in [0.1, 0.15) is 0 Å². The molecule has 0 unspecified atom stereocenters. The molecule has 0 aliphatic rings. The van der Waals surface area contributed by atoms with E-state index in [1.807, 2.05) is 48.5 Å². The first kappa shape index (κ1) is 16.2. The van der Waals surface area contributed by atoms with Crippen LogP contribution in [0.1, 0.15) is 5.56 Å². The van der Waals surface area contributed by atoms with Crippen LogP contribution >= 0.6 is 12.2 Å². The molecule has 2 heterocycles. The Bertz CT molecular complexity index is 1030. The predicted molar refractivity (Wildman–Crippen MR) is 109 cm³/mol. The molecule has 4 aromatic rings. The minimum absolute atomic E-state index is 0.475. The molecular weight excluding hydrogens is 342 g/mol. The Labute approximate surface area is 156 Å². The zero-order valence-electron chi connectivity index (χ0n) is 14.0. The van der Waals surface area contributed by atoms with E-state index in [9.17, 15) is 0 Å². The lowest BCUT2D eigenvalue weighted by Crippen LogP contribution is -2.21. The Morgan fingerprint density at radius 1 is 0.923 bits per heavy atom. The summed E-state index contributed by atoms with van der Waals surface area (Å²) in [5, 5.41) is 6.82. The number of nitrogens with one attached hydrogen (secondary N) is 2. The highest BCUT2D eigenvalue weighted by atomic mass is 32.1. The van der Waals surface area contributed by atoms with Crippen molar-refractivity contribution in [1.29, 1.82) is 0 Å². The van der Waals surface area contributed by atoms with Gasteiger partial charge < -0.3 is 15.2 Å². The largest absolute Gasteiger partial charge is 0.331 e. The second-order valence-corrected chi connectivity index (χ2v) is 6.22. The number of para-hydroxylation sites is 2. The second kappa shape index (κ2) is 7.33. The maximum atomic E-state index is 5.44. The van der Waals surface area contributed by atoms with Crippen LogP contribution in [-0.4, -0.2) is 19.6 Å². The molecule has 0 aliphatic heterocycles. The van der Waals surface area contributed by atoms with Gasteiger partial charge in [-0.05, 0) is 42.0 Å². The number of hydrogen-bond acceptors (Lipinski definition) is 3. The van der Waals surface area contributed by atoms with Crippen molar-refractivity contribution < 1.29 is 0 Å². The van der Waals surface area contributed by atoms with Gasteiger partial charge in [-0.1, -0.05) is 42.5 Å². The van der Waals surface area contributed by atoms with Gasteiger partial charge in [-0.25, -0.2) is 4.98 Å². The van der Waals surface area contributed by atoms with Gasteiger partial charge in [-0.3, -0.25) is 4.98 Å². The molecule has 0 fully saturated rings.